The third-order valence-electron chi connectivity index (χ3n) is 0.804. The molecule has 0 N–H and O–H groups in total. The Morgan fingerprint density at radius 1 is 1.44 bits per heavy atom. The smallest absolute Gasteiger partial charge is 0.618 e. The van der Waals surface area contributed by atoms with E-state index in [9.17, 15) is 5.21 Å². The van der Waals surface area contributed by atoms with Crippen molar-refractivity contribution in [2.24, 2.45) is 0 Å². The number of thiol groups is 1. The van der Waals surface area contributed by atoms with Gasteiger partial charge in [0, 0.05) is 12.1 Å². The molecule has 9 heavy (non-hydrogen) atoms. The van der Waals surface area contributed by atoms with E-state index in [1.54, 1.807) is 18.2 Å². The molecule has 1 rings (SSSR count). The van der Waals surface area contributed by atoms with Gasteiger partial charge in [0.1, 0.15) is 0 Å². The van der Waals surface area contributed by atoms with Crippen molar-refractivity contribution >= 4 is 12.6 Å². The molecule has 1 aromatic rings. The summed E-state index contributed by atoms with van der Waals surface area (Å²) in [7, 11) is 0. The van der Waals surface area contributed by atoms with Gasteiger partial charge in [-0.2, -0.15) is 4.73 Å². The second-order valence-corrected chi connectivity index (χ2v) is 1.84. The fourth-order valence-electron chi connectivity index (χ4n) is 0.419. The molecule has 2 nitrogen and oxygen atoms in total. The van der Waals surface area contributed by atoms with Crippen molar-refractivity contribution < 1.29 is 23.6 Å². The molecular weight excluding hydrogens is 129 g/mol. The Labute approximate surface area is 71.1 Å². The molecule has 0 saturated heterocycles. The Balaban J connectivity index is 0.000000640. The number of pyridine rings is 1. The molecule has 0 radical (unpaired) electrons. The Morgan fingerprint density at radius 3 is 2.44 bits per heavy atom. The van der Waals surface area contributed by atoms with Crippen molar-refractivity contribution in [1.29, 1.82) is 0 Å². The Kier molecular flexibility index (Phi) is 3.79. The second kappa shape index (κ2) is 3.84. The SMILES string of the molecule is [Li+].[O-][n+]1ccccc1S. The first-order valence-electron chi connectivity index (χ1n) is 2.18. The third kappa shape index (κ3) is 2.31. The van der Waals surface area contributed by atoms with Crippen LogP contribution < -0.4 is 23.6 Å². The standard InChI is InChI=1S/C5H5NOS.Li/c7-6-4-2-1-3-5(6)8;/h1-4,8H;/q;+1. The zero-order chi connectivity index (χ0) is 5.98. The van der Waals surface area contributed by atoms with Crippen molar-refractivity contribution in [2.45, 2.75) is 5.03 Å². The van der Waals surface area contributed by atoms with Gasteiger partial charge in [0.05, 0.1) is 0 Å². The molecule has 0 aromatic carbocycles. The minimum atomic E-state index is 0. The summed E-state index contributed by atoms with van der Waals surface area (Å²) in [5, 5.41) is 10.9. The molecule has 0 aliphatic carbocycles. The number of hydrogen-bond acceptors (Lipinski definition) is 2. The molecule has 0 bridgehead atoms. The van der Waals surface area contributed by atoms with E-state index in [0.29, 0.717) is 9.76 Å². The van der Waals surface area contributed by atoms with Crippen LogP contribution in [0.5, 0.6) is 0 Å². The van der Waals surface area contributed by atoms with Crippen molar-refractivity contribution in [3.63, 3.8) is 0 Å². The maximum Gasteiger partial charge on any atom is 1.00 e. The molecule has 1 heterocycles. The van der Waals surface area contributed by atoms with Gasteiger partial charge >= 0.3 is 18.9 Å². The largest absolute Gasteiger partial charge is 1.00 e. The van der Waals surface area contributed by atoms with Gasteiger partial charge in [-0.1, -0.05) is 12.6 Å². The molecule has 0 fully saturated rings. The zero-order valence-corrected chi connectivity index (χ0v) is 6.01. The molecule has 0 amide bonds. The minimum Gasteiger partial charge on any atom is -0.618 e. The van der Waals surface area contributed by atoms with Crippen molar-refractivity contribution in [1.82, 2.24) is 0 Å². The summed E-state index contributed by atoms with van der Waals surface area (Å²) in [4.78, 5) is 0. The van der Waals surface area contributed by atoms with Crippen LogP contribution >= 0.6 is 12.6 Å². The Bertz CT molecular complexity index is 173. The average Bonchev–Trinajstić information content (AvgIpc) is 1.77. The van der Waals surface area contributed by atoms with E-state index in [1.165, 1.54) is 6.20 Å². The van der Waals surface area contributed by atoms with E-state index < -0.39 is 0 Å². The number of aromatic nitrogens is 1. The molecule has 0 atom stereocenters. The molecule has 0 unspecified atom stereocenters. The maximum absolute atomic E-state index is 10.5. The molecule has 0 spiro atoms. The Morgan fingerprint density at radius 2 is 2.11 bits per heavy atom. The van der Waals surface area contributed by atoms with E-state index in [-0.39, 0.29) is 18.9 Å². The fourth-order valence-corrected chi connectivity index (χ4v) is 0.572. The van der Waals surface area contributed by atoms with Crippen LogP contribution in [-0.4, -0.2) is 0 Å². The van der Waals surface area contributed by atoms with Crippen LogP contribution in [0.3, 0.4) is 0 Å². The first-order valence-corrected chi connectivity index (χ1v) is 2.62. The first-order chi connectivity index (χ1) is 3.80. The number of nitrogens with zero attached hydrogens (tertiary/aromatic N) is 1. The van der Waals surface area contributed by atoms with E-state index in [2.05, 4.69) is 12.6 Å². The summed E-state index contributed by atoms with van der Waals surface area (Å²) in [6.45, 7) is 0. The summed E-state index contributed by atoms with van der Waals surface area (Å²) < 4.78 is 0.698. The number of hydrogen-bond donors (Lipinski definition) is 1. The predicted molar refractivity (Wildman–Crippen MR) is 32.7 cm³/mol. The summed E-state index contributed by atoms with van der Waals surface area (Å²) >= 11 is 3.85. The molecule has 42 valence electrons. The normalized spacial score (nSPS) is 8.11. The number of rotatable bonds is 0. The second-order valence-electron chi connectivity index (χ2n) is 1.38. The van der Waals surface area contributed by atoms with Crippen LogP contribution in [0.2, 0.25) is 0 Å². The summed E-state index contributed by atoms with van der Waals surface area (Å²) in [6.07, 6.45) is 1.41. The summed E-state index contributed by atoms with van der Waals surface area (Å²) in [5.74, 6) is 0. The monoisotopic (exact) mass is 134 g/mol. The summed E-state index contributed by atoms with van der Waals surface area (Å²) in [6, 6.07) is 5.06. The van der Waals surface area contributed by atoms with Gasteiger partial charge < -0.3 is 5.21 Å². The van der Waals surface area contributed by atoms with Gasteiger partial charge in [-0.05, 0) is 6.07 Å². The quantitative estimate of drug-likeness (QED) is 0.182. The van der Waals surface area contributed by atoms with Crippen LogP contribution in [0.4, 0.5) is 0 Å². The van der Waals surface area contributed by atoms with Crippen LogP contribution in [0.1, 0.15) is 0 Å². The molecule has 0 aliphatic rings. The Hall–Kier alpha value is -0.103. The van der Waals surface area contributed by atoms with Gasteiger partial charge in [0.25, 0.3) is 0 Å². The molecule has 4 heteroatoms. The zero-order valence-electron chi connectivity index (χ0n) is 5.11. The third-order valence-corrected chi connectivity index (χ3v) is 1.15. The van der Waals surface area contributed by atoms with Gasteiger partial charge in [-0.25, -0.2) is 0 Å². The topological polar surface area (TPSA) is 26.9 Å². The summed E-state index contributed by atoms with van der Waals surface area (Å²) in [5.41, 5.74) is 0. The molecule has 1 aromatic heterocycles. The maximum atomic E-state index is 10.5. The van der Waals surface area contributed by atoms with Gasteiger partial charge in [0.15, 0.2) is 6.20 Å². The fraction of sp³-hybridized carbons (Fsp3) is 0. The van der Waals surface area contributed by atoms with E-state index in [1.807, 2.05) is 0 Å². The van der Waals surface area contributed by atoms with E-state index in [0.717, 1.165) is 0 Å². The first kappa shape index (κ1) is 8.90. The van der Waals surface area contributed by atoms with Gasteiger partial charge in [0.2, 0.25) is 5.03 Å². The van der Waals surface area contributed by atoms with Crippen molar-refractivity contribution in [3.8, 4) is 0 Å². The molecular formula is C5H5LiNOS+. The molecule has 0 aliphatic heterocycles. The van der Waals surface area contributed by atoms with Crippen LogP contribution in [0, 0.1) is 5.21 Å². The predicted octanol–water partition coefficient (Wildman–Crippen LogP) is -2.39. The van der Waals surface area contributed by atoms with Crippen LogP contribution in [0.25, 0.3) is 0 Å². The van der Waals surface area contributed by atoms with Gasteiger partial charge in [-0.3, -0.25) is 0 Å². The van der Waals surface area contributed by atoms with Crippen LogP contribution in [-0.2, 0) is 0 Å². The van der Waals surface area contributed by atoms with E-state index in [4.69, 9.17) is 0 Å². The van der Waals surface area contributed by atoms with E-state index >= 15 is 0 Å². The van der Waals surface area contributed by atoms with Crippen LogP contribution in [0.15, 0.2) is 29.4 Å². The van der Waals surface area contributed by atoms with Crippen molar-refractivity contribution in [2.75, 3.05) is 0 Å². The molecule has 0 saturated carbocycles. The van der Waals surface area contributed by atoms with Gasteiger partial charge in [-0.15, -0.1) is 0 Å². The average molecular weight is 134 g/mol. The minimum absolute atomic E-state index is 0. The van der Waals surface area contributed by atoms with Crippen molar-refractivity contribution in [3.05, 3.63) is 29.6 Å².